The second-order valence-electron chi connectivity index (χ2n) is 6.56. The molecule has 0 aliphatic rings. The van der Waals surface area contributed by atoms with E-state index in [-0.39, 0.29) is 5.91 Å². The fraction of sp³-hybridized carbons (Fsp3) is 0.130. The van der Waals surface area contributed by atoms with Gasteiger partial charge in [-0.25, -0.2) is 4.98 Å². The van der Waals surface area contributed by atoms with Crippen molar-refractivity contribution < 1.29 is 19.0 Å². The average Bonchev–Trinajstić information content (AvgIpc) is 3.26. The van der Waals surface area contributed by atoms with Gasteiger partial charge in [0.1, 0.15) is 5.69 Å². The number of amides is 1. The Balaban J connectivity index is 1.62. The lowest BCUT2D eigenvalue weighted by molar-refractivity contribution is 0.102. The number of H-pyrrole nitrogens is 1. The number of pyridine rings is 1. The summed E-state index contributed by atoms with van der Waals surface area (Å²) in [6.45, 7) is 0. The molecule has 30 heavy (non-hydrogen) atoms. The van der Waals surface area contributed by atoms with Crippen LogP contribution in [0, 0.1) is 0 Å². The zero-order valence-electron chi connectivity index (χ0n) is 16.9. The van der Waals surface area contributed by atoms with Crippen molar-refractivity contribution in [2.75, 3.05) is 26.6 Å². The lowest BCUT2D eigenvalue weighted by Gasteiger charge is -2.14. The first-order valence-corrected chi connectivity index (χ1v) is 9.29. The number of ether oxygens (including phenoxy) is 3. The number of carbonyl (C=O) groups excluding carboxylic acids is 1. The van der Waals surface area contributed by atoms with Crippen molar-refractivity contribution in [3.63, 3.8) is 0 Å². The monoisotopic (exact) mass is 403 g/mol. The molecule has 4 aromatic rings. The number of anilines is 1. The molecule has 1 amide bonds. The predicted molar refractivity (Wildman–Crippen MR) is 116 cm³/mol. The Morgan fingerprint density at radius 1 is 0.933 bits per heavy atom. The number of aromatic amines is 1. The molecule has 0 atom stereocenters. The van der Waals surface area contributed by atoms with Gasteiger partial charge in [-0.1, -0.05) is 12.1 Å². The molecule has 2 heterocycles. The first-order chi connectivity index (χ1) is 14.6. The van der Waals surface area contributed by atoms with Crippen molar-refractivity contribution in [2.45, 2.75) is 0 Å². The minimum Gasteiger partial charge on any atom is -0.493 e. The van der Waals surface area contributed by atoms with Gasteiger partial charge < -0.3 is 24.5 Å². The molecule has 0 bridgehead atoms. The summed E-state index contributed by atoms with van der Waals surface area (Å²) in [5.41, 5.74) is 3.51. The summed E-state index contributed by atoms with van der Waals surface area (Å²) in [6.07, 6.45) is 1.89. The fourth-order valence-electron chi connectivity index (χ4n) is 3.28. The van der Waals surface area contributed by atoms with Crippen LogP contribution >= 0.6 is 0 Å². The molecule has 0 spiro atoms. The zero-order chi connectivity index (χ0) is 21.1. The van der Waals surface area contributed by atoms with Crippen molar-refractivity contribution in [2.24, 2.45) is 0 Å². The van der Waals surface area contributed by atoms with Gasteiger partial charge in [-0.3, -0.25) is 4.79 Å². The highest BCUT2D eigenvalue weighted by atomic mass is 16.5. The van der Waals surface area contributed by atoms with E-state index in [1.54, 1.807) is 18.2 Å². The molecule has 0 aliphatic heterocycles. The van der Waals surface area contributed by atoms with E-state index in [0.29, 0.717) is 28.6 Å². The SMILES string of the molecule is COc1cc(NC(=O)c2cccc(-c3ccc4[nH]ccc4c3)n2)cc(OC)c1OC. The lowest BCUT2D eigenvalue weighted by atomic mass is 10.1. The molecule has 7 heteroatoms. The van der Waals surface area contributed by atoms with Crippen LogP contribution in [0.15, 0.2) is 60.8 Å². The quantitative estimate of drug-likeness (QED) is 0.495. The first kappa shape index (κ1) is 19.3. The van der Waals surface area contributed by atoms with Gasteiger partial charge in [-0.15, -0.1) is 0 Å². The molecular formula is C23H21N3O4. The molecule has 0 saturated carbocycles. The molecular weight excluding hydrogens is 382 g/mol. The summed E-state index contributed by atoms with van der Waals surface area (Å²) in [5.74, 6) is 1.02. The van der Waals surface area contributed by atoms with Crippen LogP contribution in [0.3, 0.4) is 0 Å². The molecule has 0 unspecified atom stereocenters. The third-order valence-electron chi connectivity index (χ3n) is 4.75. The number of fused-ring (bicyclic) bond motifs is 1. The van der Waals surface area contributed by atoms with Gasteiger partial charge >= 0.3 is 0 Å². The summed E-state index contributed by atoms with van der Waals surface area (Å²) in [4.78, 5) is 20.5. The maximum absolute atomic E-state index is 12.8. The largest absolute Gasteiger partial charge is 0.493 e. The van der Waals surface area contributed by atoms with E-state index in [0.717, 1.165) is 22.2 Å². The van der Waals surface area contributed by atoms with Crippen molar-refractivity contribution in [3.8, 4) is 28.5 Å². The number of nitrogens with zero attached hydrogens (tertiary/aromatic N) is 1. The van der Waals surface area contributed by atoms with Crippen LogP contribution in [0.4, 0.5) is 5.69 Å². The minimum atomic E-state index is -0.339. The molecule has 152 valence electrons. The minimum absolute atomic E-state index is 0.301. The van der Waals surface area contributed by atoms with E-state index in [2.05, 4.69) is 15.3 Å². The molecule has 7 nitrogen and oxygen atoms in total. The van der Waals surface area contributed by atoms with Gasteiger partial charge in [0.2, 0.25) is 5.75 Å². The van der Waals surface area contributed by atoms with Gasteiger partial charge in [-0.2, -0.15) is 0 Å². The Labute approximate surface area is 173 Å². The van der Waals surface area contributed by atoms with E-state index in [1.165, 1.54) is 21.3 Å². The number of methoxy groups -OCH3 is 3. The van der Waals surface area contributed by atoms with Crippen LogP contribution < -0.4 is 19.5 Å². The van der Waals surface area contributed by atoms with E-state index in [9.17, 15) is 4.79 Å². The number of aromatic nitrogens is 2. The molecule has 4 rings (SSSR count). The Kier molecular flexibility index (Phi) is 5.26. The number of rotatable bonds is 6. The standard InChI is InChI=1S/C23H21N3O4/c1-28-20-12-16(13-21(29-2)22(20)30-3)25-23(27)19-6-4-5-18(26-19)14-7-8-17-15(11-14)9-10-24-17/h4-13,24H,1-3H3,(H,25,27). The molecule has 0 aliphatic carbocycles. The number of nitrogens with one attached hydrogen (secondary N) is 2. The third kappa shape index (κ3) is 3.65. The summed E-state index contributed by atoms with van der Waals surface area (Å²) in [5, 5.41) is 3.93. The first-order valence-electron chi connectivity index (χ1n) is 9.29. The van der Waals surface area contributed by atoms with Crippen molar-refractivity contribution in [3.05, 3.63) is 66.5 Å². The Morgan fingerprint density at radius 3 is 2.40 bits per heavy atom. The Bertz CT molecular complexity index is 1190. The van der Waals surface area contributed by atoms with Crippen LogP contribution in [-0.2, 0) is 0 Å². The van der Waals surface area contributed by atoms with Gasteiger partial charge in [-0.05, 0) is 30.3 Å². The van der Waals surface area contributed by atoms with Crippen molar-refractivity contribution >= 4 is 22.5 Å². The highest BCUT2D eigenvalue weighted by molar-refractivity contribution is 6.03. The zero-order valence-corrected chi connectivity index (χ0v) is 16.9. The summed E-state index contributed by atoms with van der Waals surface area (Å²) in [6, 6.07) is 16.7. The maximum Gasteiger partial charge on any atom is 0.274 e. The van der Waals surface area contributed by atoms with Crippen LogP contribution in [-0.4, -0.2) is 37.2 Å². The second kappa shape index (κ2) is 8.16. The van der Waals surface area contributed by atoms with Gasteiger partial charge in [0.25, 0.3) is 5.91 Å². The molecule has 0 fully saturated rings. The van der Waals surface area contributed by atoms with Crippen LogP contribution in [0.25, 0.3) is 22.2 Å². The highest BCUT2D eigenvalue weighted by Gasteiger charge is 2.16. The van der Waals surface area contributed by atoms with Crippen molar-refractivity contribution in [1.82, 2.24) is 9.97 Å². The summed E-state index contributed by atoms with van der Waals surface area (Å²) >= 11 is 0. The van der Waals surface area contributed by atoms with Gasteiger partial charge in [0.05, 0.1) is 27.0 Å². The van der Waals surface area contributed by atoms with Gasteiger partial charge in [0.15, 0.2) is 11.5 Å². The molecule has 2 aromatic heterocycles. The molecule has 0 radical (unpaired) electrons. The summed E-state index contributed by atoms with van der Waals surface area (Å²) < 4.78 is 16.0. The number of hydrogen-bond acceptors (Lipinski definition) is 5. The number of benzene rings is 2. The van der Waals surface area contributed by atoms with E-state index in [1.807, 2.05) is 42.6 Å². The maximum atomic E-state index is 12.8. The predicted octanol–water partition coefficient (Wildman–Crippen LogP) is 4.51. The van der Waals surface area contributed by atoms with Gasteiger partial charge in [0, 0.05) is 40.5 Å². The normalized spacial score (nSPS) is 10.6. The number of hydrogen-bond donors (Lipinski definition) is 2. The van der Waals surface area contributed by atoms with E-state index < -0.39 is 0 Å². The smallest absolute Gasteiger partial charge is 0.274 e. The fourth-order valence-corrected chi connectivity index (χ4v) is 3.28. The topological polar surface area (TPSA) is 85.5 Å². The van der Waals surface area contributed by atoms with Crippen LogP contribution in [0.2, 0.25) is 0 Å². The Hall–Kier alpha value is -4.00. The summed E-state index contributed by atoms with van der Waals surface area (Å²) in [7, 11) is 4.57. The third-order valence-corrected chi connectivity index (χ3v) is 4.75. The Morgan fingerprint density at radius 2 is 1.70 bits per heavy atom. The molecule has 0 saturated heterocycles. The van der Waals surface area contributed by atoms with E-state index in [4.69, 9.17) is 14.2 Å². The van der Waals surface area contributed by atoms with Crippen LogP contribution in [0.5, 0.6) is 17.2 Å². The van der Waals surface area contributed by atoms with Crippen molar-refractivity contribution in [1.29, 1.82) is 0 Å². The second-order valence-corrected chi connectivity index (χ2v) is 6.56. The molecule has 2 N–H and O–H groups in total. The molecule has 2 aromatic carbocycles. The highest BCUT2D eigenvalue weighted by Crippen LogP contribution is 2.40. The lowest BCUT2D eigenvalue weighted by Crippen LogP contribution is -2.14. The van der Waals surface area contributed by atoms with Crippen LogP contribution in [0.1, 0.15) is 10.5 Å². The average molecular weight is 403 g/mol. The number of carbonyl (C=O) groups is 1. The van der Waals surface area contributed by atoms with E-state index >= 15 is 0 Å².